The fourth-order valence-electron chi connectivity index (χ4n) is 4.19. The molecule has 0 bridgehead atoms. The zero-order valence-corrected chi connectivity index (χ0v) is 23.7. The Hall–Kier alpha value is -4.16. The normalized spacial score (nSPS) is 11.7. The fourth-order valence-corrected chi connectivity index (χ4v) is 5.05. The van der Waals surface area contributed by atoms with Crippen molar-refractivity contribution in [2.45, 2.75) is 40.5 Å². The van der Waals surface area contributed by atoms with E-state index in [0.29, 0.717) is 5.71 Å². The molecule has 0 atom stereocenters. The zero-order chi connectivity index (χ0) is 27.5. The molecule has 0 fully saturated rings. The number of nitrogens with zero attached hydrogens (tertiary/aromatic N) is 3. The molecule has 0 unspecified atom stereocenters. The second-order valence-electron chi connectivity index (χ2n) is 10.2. The van der Waals surface area contributed by atoms with E-state index in [0.717, 1.165) is 60.4 Å². The second-order valence-corrected chi connectivity index (χ2v) is 11.2. The number of benzene rings is 3. The predicted molar refractivity (Wildman–Crippen MR) is 163 cm³/mol. The van der Waals surface area contributed by atoms with Gasteiger partial charge in [-0.05, 0) is 66.3 Å². The van der Waals surface area contributed by atoms with Gasteiger partial charge in [-0.25, -0.2) is 0 Å². The molecule has 0 aliphatic heterocycles. The van der Waals surface area contributed by atoms with Crippen LogP contribution in [0, 0.1) is 18.3 Å². The Balaban J connectivity index is 1.45. The molecule has 0 aliphatic rings. The topological polar surface area (TPSA) is 71.8 Å². The molecule has 6 heteroatoms. The Morgan fingerprint density at radius 2 is 1.54 bits per heavy atom. The van der Waals surface area contributed by atoms with E-state index >= 15 is 0 Å². The van der Waals surface area contributed by atoms with Crippen molar-refractivity contribution in [3.8, 4) is 32.6 Å². The van der Waals surface area contributed by atoms with Crippen LogP contribution in [0.2, 0.25) is 0 Å². The van der Waals surface area contributed by atoms with Crippen molar-refractivity contribution in [2.24, 2.45) is 5.92 Å². The molecule has 0 radical (unpaired) electrons. The molecule has 1 N–H and O–H groups in total. The van der Waals surface area contributed by atoms with E-state index in [1.54, 1.807) is 11.3 Å². The van der Waals surface area contributed by atoms with E-state index in [1.165, 1.54) is 0 Å². The summed E-state index contributed by atoms with van der Waals surface area (Å²) in [6, 6.07) is 24.3. The summed E-state index contributed by atoms with van der Waals surface area (Å²) < 4.78 is 6.45. The molecule has 2 heterocycles. The van der Waals surface area contributed by atoms with Crippen LogP contribution >= 0.6 is 11.3 Å². The van der Waals surface area contributed by atoms with Gasteiger partial charge in [0, 0.05) is 34.0 Å². The quantitative estimate of drug-likeness (QED) is 0.202. The maximum atomic E-state index is 8.16. The molecule has 0 aliphatic carbocycles. The van der Waals surface area contributed by atoms with Gasteiger partial charge >= 0.3 is 0 Å². The fraction of sp³-hybridized carbons (Fsp3) is 0.212. The first-order chi connectivity index (χ1) is 18.8. The lowest BCUT2D eigenvalue weighted by Crippen LogP contribution is -2.01. The summed E-state index contributed by atoms with van der Waals surface area (Å²) in [5.41, 5.74) is 6.72. The highest BCUT2D eigenvalue weighted by atomic mass is 32.1. The van der Waals surface area contributed by atoms with Crippen LogP contribution in [-0.2, 0) is 0 Å². The van der Waals surface area contributed by atoms with Crippen LogP contribution in [0.5, 0.6) is 11.5 Å². The molecule has 0 saturated carbocycles. The molecule has 5 rings (SSSR count). The molecule has 39 heavy (non-hydrogen) atoms. The van der Waals surface area contributed by atoms with Crippen LogP contribution in [0.3, 0.4) is 0 Å². The van der Waals surface area contributed by atoms with Gasteiger partial charge in [-0.2, -0.15) is 0 Å². The van der Waals surface area contributed by atoms with Crippen molar-refractivity contribution in [3.63, 3.8) is 0 Å². The molecule has 3 aromatic carbocycles. The molecule has 0 spiro atoms. The van der Waals surface area contributed by atoms with Gasteiger partial charge in [-0.1, -0.05) is 81.5 Å². The maximum absolute atomic E-state index is 8.16. The van der Waals surface area contributed by atoms with Crippen LogP contribution in [0.1, 0.15) is 50.4 Å². The summed E-state index contributed by atoms with van der Waals surface area (Å²) in [4.78, 5) is 5.00. The SMILES string of the molecule is Cc1c(/C=C\C(=N)C(C)C)ccc2c(Oc3ccc(-c4nnc(-c5ccccc5)s4)cc3)cc(C(C)C)nc12. The van der Waals surface area contributed by atoms with Crippen molar-refractivity contribution >= 4 is 34.0 Å². The molecular formula is C33H32N4OS. The Labute approximate surface area is 233 Å². The van der Waals surface area contributed by atoms with Crippen LogP contribution in [0.4, 0.5) is 0 Å². The largest absolute Gasteiger partial charge is 0.457 e. The highest BCUT2D eigenvalue weighted by Crippen LogP contribution is 2.36. The van der Waals surface area contributed by atoms with Gasteiger partial charge in [0.25, 0.3) is 0 Å². The van der Waals surface area contributed by atoms with Crippen LogP contribution in [-0.4, -0.2) is 20.9 Å². The number of aryl methyl sites for hydroxylation is 1. The summed E-state index contributed by atoms with van der Waals surface area (Å²) in [6.07, 6.45) is 3.89. The number of hydrogen-bond donors (Lipinski definition) is 1. The highest BCUT2D eigenvalue weighted by Gasteiger charge is 2.15. The number of allylic oxidation sites excluding steroid dienone is 1. The lowest BCUT2D eigenvalue weighted by atomic mass is 9.99. The van der Waals surface area contributed by atoms with E-state index < -0.39 is 0 Å². The van der Waals surface area contributed by atoms with E-state index in [1.807, 2.05) is 86.7 Å². The summed E-state index contributed by atoms with van der Waals surface area (Å²) in [5, 5.41) is 19.7. The maximum Gasteiger partial charge on any atom is 0.148 e. The predicted octanol–water partition coefficient (Wildman–Crippen LogP) is 9.33. The molecule has 0 saturated heterocycles. The molecule has 2 aromatic heterocycles. The van der Waals surface area contributed by atoms with Gasteiger partial charge < -0.3 is 10.1 Å². The number of fused-ring (bicyclic) bond motifs is 1. The molecular weight excluding hydrogens is 500 g/mol. The Bertz CT molecular complexity index is 1650. The molecule has 5 aromatic rings. The van der Waals surface area contributed by atoms with Gasteiger partial charge in [0.15, 0.2) is 0 Å². The van der Waals surface area contributed by atoms with Crippen molar-refractivity contribution in [2.75, 3.05) is 0 Å². The van der Waals surface area contributed by atoms with Gasteiger partial charge in [-0.3, -0.25) is 4.98 Å². The number of pyridine rings is 1. The van der Waals surface area contributed by atoms with E-state index in [-0.39, 0.29) is 11.8 Å². The minimum atomic E-state index is 0.192. The first-order valence-electron chi connectivity index (χ1n) is 13.2. The van der Waals surface area contributed by atoms with E-state index in [4.69, 9.17) is 15.1 Å². The van der Waals surface area contributed by atoms with Crippen molar-refractivity contribution in [1.29, 1.82) is 5.41 Å². The van der Waals surface area contributed by atoms with Crippen molar-refractivity contribution < 1.29 is 4.74 Å². The summed E-state index contributed by atoms with van der Waals surface area (Å²) >= 11 is 1.58. The summed E-state index contributed by atoms with van der Waals surface area (Å²) in [7, 11) is 0. The Morgan fingerprint density at radius 1 is 0.872 bits per heavy atom. The molecule has 5 nitrogen and oxygen atoms in total. The van der Waals surface area contributed by atoms with Crippen molar-refractivity contribution in [1.82, 2.24) is 15.2 Å². The van der Waals surface area contributed by atoms with Gasteiger partial charge in [-0.15, -0.1) is 10.2 Å². The van der Waals surface area contributed by atoms with E-state index in [9.17, 15) is 0 Å². The number of nitrogens with one attached hydrogen (secondary N) is 1. The molecule has 196 valence electrons. The van der Waals surface area contributed by atoms with Gasteiger partial charge in [0.2, 0.25) is 0 Å². The standard InChI is InChI=1S/C33H32N4OS/c1-20(2)28(34)18-14-23-13-17-27-30(19-29(21(3)4)35-31(27)22(23)5)38-26-15-11-25(12-16-26)33-37-36-32(39-33)24-9-7-6-8-10-24/h6-21,34H,1-5H3/b18-14-,34-28?. The van der Waals surface area contributed by atoms with Crippen molar-refractivity contribution in [3.05, 3.63) is 95.7 Å². The van der Waals surface area contributed by atoms with E-state index in [2.05, 4.69) is 43.1 Å². The third-order valence-corrected chi connectivity index (χ3v) is 7.71. The smallest absolute Gasteiger partial charge is 0.148 e. The Kier molecular flexibility index (Phi) is 7.66. The zero-order valence-electron chi connectivity index (χ0n) is 22.9. The van der Waals surface area contributed by atoms with Crippen LogP contribution in [0.15, 0.2) is 78.9 Å². The second kappa shape index (κ2) is 11.3. The van der Waals surface area contributed by atoms with Gasteiger partial charge in [0.05, 0.1) is 5.52 Å². The summed E-state index contributed by atoms with van der Waals surface area (Å²) in [5.74, 6) is 1.98. The van der Waals surface area contributed by atoms with Crippen LogP contribution < -0.4 is 4.74 Å². The minimum absolute atomic E-state index is 0.192. The number of ether oxygens (including phenoxy) is 1. The first kappa shape index (κ1) is 26.4. The average molecular weight is 533 g/mol. The Morgan fingerprint density at radius 3 is 2.18 bits per heavy atom. The number of aromatic nitrogens is 3. The third kappa shape index (κ3) is 5.81. The van der Waals surface area contributed by atoms with Gasteiger partial charge in [0.1, 0.15) is 21.5 Å². The summed E-state index contributed by atoms with van der Waals surface area (Å²) in [6.45, 7) is 10.4. The molecule has 0 amide bonds. The highest BCUT2D eigenvalue weighted by molar-refractivity contribution is 7.17. The lowest BCUT2D eigenvalue weighted by Gasteiger charge is -2.15. The number of hydrogen-bond acceptors (Lipinski definition) is 6. The lowest BCUT2D eigenvalue weighted by molar-refractivity contribution is 0.486. The third-order valence-electron chi connectivity index (χ3n) is 6.69. The van der Waals surface area contributed by atoms with Crippen LogP contribution in [0.25, 0.3) is 38.1 Å². The monoisotopic (exact) mass is 532 g/mol. The number of rotatable bonds is 8. The first-order valence-corrected chi connectivity index (χ1v) is 14.0. The average Bonchev–Trinajstić information content (AvgIpc) is 3.44. The minimum Gasteiger partial charge on any atom is -0.457 e.